The second-order valence-electron chi connectivity index (χ2n) is 6.41. The van der Waals surface area contributed by atoms with Crippen LogP contribution in [0.1, 0.15) is 42.7 Å². The number of amides is 1. The Morgan fingerprint density at radius 3 is 2.52 bits per heavy atom. The van der Waals surface area contributed by atoms with E-state index in [2.05, 4.69) is 15.3 Å². The lowest BCUT2D eigenvalue weighted by Gasteiger charge is -2.14. The molecule has 7 nitrogen and oxygen atoms in total. The van der Waals surface area contributed by atoms with E-state index < -0.39 is 23.0 Å². The van der Waals surface area contributed by atoms with Gasteiger partial charge in [-0.05, 0) is 43.2 Å². The third-order valence-electron chi connectivity index (χ3n) is 4.22. The predicted octanol–water partition coefficient (Wildman–Crippen LogP) is 2.62. The van der Waals surface area contributed by atoms with E-state index in [1.54, 1.807) is 13.0 Å². The number of carbonyl (C=O) groups excluding carboxylic acids is 1. The first-order valence-corrected chi connectivity index (χ1v) is 8.56. The highest BCUT2D eigenvalue weighted by Crippen LogP contribution is 2.21. The van der Waals surface area contributed by atoms with Gasteiger partial charge in [-0.2, -0.15) is 0 Å². The van der Waals surface area contributed by atoms with E-state index >= 15 is 0 Å². The number of hydrogen-bond donors (Lipinski definition) is 2. The molecule has 3 aromatic rings. The van der Waals surface area contributed by atoms with E-state index in [4.69, 9.17) is 0 Å². The molecule has 0 aliphatic heterocycles. The van der Waals surface area contributed by atoms with Crippen molar-refractivity contribution in [1.29, 1.82) is 0 Å². The molecule has 2 heterocycles. The Bertz CT molecular complexity index is 1130. The number of nitrogens with zero attached hydrogens (tertiary/aromatic N) is 2. The quantitative estimate of drug-likeness (QED) is 0.738. The van der Waals surface area contributed by atoms with Crippen molar-refractivity contribution in [2.45, 2.75) is 33.2 Å². The third kappa shape index (κ3) is 3.51. The molecule has 0 bridgehead atoms. The van der Waals surface area contributed by atoms with Crippen LogP contribution in [-0.2, 0) is 6.54 Å². The van der Waals surface area contributed by atoms with Crippen LogP contribution in [0, 0.1) is 5.82 Å². The molecule has 2 aromatic heterocycles. The average Bonchev–Trinajstić information content (AvgIpc) is 2.62. The van der Waals surface area contributed by atoms with Crippen molar-refractivity contribution in [2.24, 2.45) is 0 Å². The molecule has 0 saturated heterocycles. The standard InChI is InChI=1S/C19H19FN4O3/c1-4-24-16-15(18(26)23-19(24)27)13(9-14(22-16)10(2)3)17(25)21-12-7-5-11(20)6-8-12/h5-10H,4H2,1-3H3,(H,21,25)(H,23,26,27). The lowest BCUT2D eigenvalue weighted by molar-refractivity contribution is 0.102. The second kappa shape index (κ2) is 7.14. The number of H-pyrrole nitrogens is 1. The molecule has 0 unspecified atom stereocenters. The molecule has 8 heteroatoms. The number of rotatable bonds is 4. The number of aromatic amines is 1. The van der Waals surface area contributed by atoms with Gasteiger partial charge >= 0.3 is 5.69 Å². The highest BCUT2D eigenvalue weighted by Gasteiger charge is 2.20. The zero-order valence-electron chi connectivity index (χ0n) is 15.2. The van der Waals surface area contributed by atoms with Gasteiger partial charge in [-0.1, -0.05) is 13.8 Å². The van der Waals surface area contributed by atoms with Gasteiger partial charge in [0, 0.05) is 17.9 Å². The number of aromatic nitrogens is 3. The number of fused-ring (bicyclic) bond motifs is 1. The fraction of sp³-hybridized carbons (Fsp3) is 0.263. The minimum atomic E-state index is -0.674. The molecule has 3 rings (SSSR count). The predicted molar refractivity (Wildman–Crippen MR) is 101 cm³/mol. The van der Waals surface area contributed by atoms with Gasteiger partial charge in [0.15, 0.2) is 5.65 Å². The molecule has 1 aromatic carbocycles. The van der Waals surface area contributed by atoms with E-state index in [0.29, 0.717) is 17.9 Å². The summed E-state index contributed by atoms with van der Waals surface area (Å²) in [6.07, 6.45) is 0. The number of hydrogen-bond acceptors (Lipinski definition) is 4. The van der Waals surface area contributed by atoms with Gasteiger partial charge in [-0.15, -0.1) is 0 Å². The Labute approximate surface area is 153 Å². The van der Waals surface area contributed by atoms with E-state index in [1.165, 1.54) is 28.8 Å². The Morgan fingerprint density at radius 1 is 1.26 bits per heavy atom. The molecule has 2 N–H and O–H groups in total. The van der Waals surface area contributed by atoms with Crippen molar-refractivity contribution in [3.05, 3.63) is 68.2 Å². The molecule has 0 fully saturated rings. The van der Waals surface area contributed by atoms with E-state index in [1.807, 2.05) is 13.8 Å². The Balaban J connectivity index is 2.24. The van der Waals surface area contributed by atoms with E-state index in [-0.39, 0.29) is 22.5 Å². The number of halogens is 1. The zero-order chi connectivity index (χ0) is 19.7. The highest BCUT2D eigenvalue weighted by atomic mass is 19.1. The maximum absolute atomic E-state index is 13.1. The number of nitrogens with one attached hydrogen (secondary N) is 2. The maximum Gasteiger partial charge on any atom is 0.329 e. The van der Waals surface area contributed by atoms with Crippen molar-refractivity contribution >= 4 is 22.6 Å². The maximum atomic E-state index is 13.1. The summed E-state index contributed by atoms with van der Waals surface area (Å²) in [5.41, 5.74) is -0.00472. The Morgan fingerprint density at radius 2 is 1.93 bits per heavy atom. The van der Waals surface area contributed by atoms with Crippen molar-refractivity contribution in [1.82, 2.24) is 14.5 Å². The largest absolute Gasteiger partial charge is 0.329 e. The van der Waals surface area contributed by atoms with E-state index in [0.717, 1.165) is 0 Å². The van der Waals surface area contributed by atoms with Gasteiger partial charge in [-0.3, -0.25) is 19.1 Å². The smallest absolute Gasteiger partial charge is 0.322 e. The number of benzene rings is 1. The van der Waals surface area contributed by atoms with E-state index in [9.17, 15) is 18.8 Å². The monoisotopic (exact) mass is 370 g/mol. The fourth-order valence-corrected chi connectivity index (χ4v) is 2.79. The van der Waals surface area contributed by atoms with Gasteiger partial charge < -0.3 is 5.32 Å². The Kier molecular flexibility index (Phi) is 4.89. The molecule has 0 radical (unpaired) electrons. The first kappa shape index (κ1) is 18.5. The lowest BCUT2D eigenvalue weighted by Crippen LogP contribution is -2.32. The van der Waals surface area contributed by atoms with Gasteiger partial charge in [0.25, 0.3) is 11.5 Å². The van der Waals surface area contributed by atoms with Crippen LogP contribution in [0.2, 0.25) is 0 Å². The molecular formula is C19H19FN4O3. The summed E-state index contributed by atoms with van der Waals surface area (Å²) in [4.78, 5) is 44.1. The normalized spacial score (nSPS) is 11.1. The topological polar surface area (TPSA) is 96.9 Å². The first-order valence-electron chi connectivity index (χ1n) is 8.56. The molecule has 0 aliphatic rings. The van der Waals surface area contributed by atoms with Gasteiger partial charge in [0.1, 0.15) is 5.82 Å². The van der Waals surface area contributed by atoms with Gasteiger partial charge in [0.05, 0.1) is 10.9 Å². The molecule has 27 heavy (non-hydrogen) atoms. The van der Waals surface area contributed by atoms with Crippen molar-refractivity contribution in [3.8, 4) is 0 Å². The average molecular weight is 370 g/mol. The Hall–Kier alpha value is -3.29. The molecule has 1 amide bonds. The molecule has 0 spiro atoms. The van der Waals surface area contributed by atoms with Crippen LogP contribution >= 0.6 is 0 Å². The summed E-state index contributed by atoms with van der Waals surface area (Å²) >= 11 is 0. The molecule has 140 valence electrons. The molecular weight excluding hydrogens is 351 g/mol. The number of pyridine rings is 1. The number of carbonyl (C=O) groups is 1. The van der Waals surface area contributed by atoms with Crippen molar-refractivity contribution in [3.63, 3.8) is 0 Å². The van der Waals surface area contributed by atoms with Crippen LogP contribution in [0.5, 0.6) is 0 Å². The molecule has 0 aliphatic carbocycles. The summed E-state index contributed by atoms with van der Waals surface area (Å²) in [5, 5.41) is 2.69. The third-order valence-corrected chi connectivity index (χ3v) is 4.22. The minimum Gasteiger partial charge on any atom is -0.322 e. The summed E-state index contributed by atoms with van der Waals surface area (Å²) in [5.74, 6) is -0.984. The van der Waals surface area contributed by atoms with Crippen molar-refractivity contribution in [2.75, 3.05) is 5.32 Å². The van der Waals surface area contributed by atoms with Crippen LogP contribution in [0.15, 0.2) is 39.9 Å². The zero-order valence-corrected chi connectivity index (χ0v) is 15.2. The lowest BCUT2D eigenvalue weighted by atomic mass is 10.0. The van der Waals surface area contributed by atoms with Crippen molar-refractivity contribution < 1.29 is 9.18 Å². The first-order chi connectivity index (χ1) is 12.8. The van der Waals surface area contributed by atoms with Gasteiger partial charge in [-0.25, -0.2) is 14.2 Å². The molecule has 0 atom stereocenters. The summed E-state index contributed by atoms with van der Waals surface area (Å²) in [6.45, 7) is 5.84. The number of aryl methyl sites for hydroxylation is 1. The van der Waals surface area contributed by atoms with Crippen LogP contribution in [-0.4, -0.2) is 20.4 Å². The van der Waals surface area contributed by atoms with Crippen LogP contribution in [0.4, 0.5) is 10.1 Å². The number of anilines is 1. The second-order valence-corrected chi connectivity index (χ2v) is 6.41. The van der Waals surface area contributed by atoms with Gasteiger partial charge in [0.2, 0.25) is 0 Å². The molecule has 0 saturated carbocycles. The minimum absolute atomic E-state index is 0.0218. The fourth-order valence-electron chi connectivity index (χ4n) is 2.79. The van der Waals surface area contributed by atoms with Crippen LogP contribution in [0.25, 0.3) is 11.0 Å². The summed E-state index contributed by atoms with van der Waals surface area (Å²) in [7, 11) is 0. The SMILES string of the molecule is CCn1c(=O)[nH]c(=O)c2c(C(=O)Nc3ccc(F)cc3)cc(C(C)C)nc21. The van der Waals surface area contributed by atoms with Crippen LogP contribution < -0.4 is 16.6 Å². The summed E-state index contributed by atoms with van der Waals surface area (Å²) < 4.78 is 14.4. The van der Waals surface area contributed by atoms with Crippen LogP contribution in [0.3, 0.4) is 0 Å². The summed E-state index contributed by atoms with van der Waals surface area (Å²) in [6, 6.07) is 6.84. The highest BCUT2D eigenvalue weighted by molar-refractivity contribution is 6.11.